The number of esters is 1. The fourth-order valence-corrected chi connectivity index (χ4v) is 12.9. The van der Waals surface area contributed by atoms with Crippen molar-refractivity contribution in [3.8, 4) is 16.9 Å². The molecule has 4 aliphatic heterocycles. The summed E-state index contributed by atoms with van der Waals surface area (Å²) in [5.41, 5.74) is 8.06. The van der Waals surface area contributed by atoms with Gasteiger partial charge in [-0.1, -0.05) is 41.7 Å². The summed E-state index contributed by atoms with van der Waals surface area (Å²) in [5, 5.41) is 11.7. The topological polar surface area (TPSA) is 188 Å². The smallest absolute Gasteiger partial charge is 0.358 e. The molecule has 4 aliphatic rings. The molecule has 4 amide bonds. The molecule has 3 fully saturated rings. The highest BCUT2D eigenvalue weighted by Crippen LogP contribution is 2.36. The molecule has 18 nitrogen and oxygen atoms in total. The number of carbonyl (C=O) groups excluding carboxylic acids is 5. The fourth-order valence-electron chi connectivity index (χ4n) is 12.0. The van der Waals surface area contributed by atoms with Gasteiger partial charge in [-0.3, -0.25) is 39.4 Å². The van der Waals surface area contributed by atoms with E-state index in [2.05, 4.69) is 67.3 Å². The number of aromatic nitrogens is 4. The third kappa shape index (κ3) is 12.0. The number of piperidine rings is 1. The highest BCUT2D eigenvalue weighted by molar-refractivity contribution is 7.22. The number of imide groups is 1. The van der Waals surface area contributed by atoms with Gasteiger partial charge < -0.3 is 29.1 Å². The first-order valence-corrected chi connectivity index (χ1v) is 29.1. The number of pyridine rings is 1. The van der Waals surface area contributed by atoms with E-state index in [4.69, 9.17) is 19.6 Å². The molecule has 0 spiro atoms. The van der Waals surface area contributed by atoms with Gasteiger partial charge in [-0.05, 0) is 144 Å². The van der Waals surface area contributed by atoms with E-state index in [9.17, 15) is 24.0 Å². The highest BCUT2D eigenvalue weighted by Gasteiger charge is 2.35. The Kier molecular flexibility index (Phi) is 15.7. The van der Waals surface area contributed by atoms with Gasteiger partial charge in [0, 0.05) is 107 Å². The number of fused-ring (bicyclic) bond motifs is 3. The van der Waals surface area contributed by atoms with Gasteiger partial charge in [-0.2, -0.15) is 5.10 Å². The molecule has 7 aromatic rings. The summed E-state index contributed by atoms with van der Waals surface area (Å²) < 4.78 is 15.1. The standard InChI is InChI=1S/C62H71N11O7S/c1-38-32-43(17-19-44(38)45-20-22-53(64-57(45)60(78)80-62(4,5)6)72-26-24-41-12-10-13-46(49(41)36-72)58(76)66-61-63-50-14-8-9-15-52(50)81-61)79-31-11-25-69-34-39(2)73(40(3)35-69)37-55(75)71-29-27-70(28-30-71)42-16-18-47-51(33-42)68(7)67-56(47)48-21-23-54(74)65-59(48)77/h8-10,12-20,22,32-33,39-40,48H,11,21,23-31,34-37H2,1-7H3,(H,63,66,76)(H,65,74,77)/t39-,40+,48?. The van der Waals surface area contributed by atoms with Gasteiger partial charge in [0.25, 0.3) is 5.91 Å². The Morgan fingerprint density at radius 3 is 2.37 bits per heavy atom. The van der Waals surface area contributed by atoms with Crippen molar-refractivity contribution in [2.75, 3.05) is 80.6 Å². The largest absolute Gasteiger partial charge is 0.494 e. The summed E-state index contributed by atoms with van der Waals surface area (Å²) >= 11 is 1.44. The molecule has 0 aliphatic carbocycles. The molecule has 3 atom stereocenters. The zero-order valence-electron chi connectivity index (χ0n) is 47.3. The Morgan fingerprint density at radius 2 is 1.62 bits per heavy atom. The van der Waals surface area contributed by atoms with Crippen molar-refractivity contribution in [2.45, 2.75) is 97.4 Å². The van der Waals surface area contributed by atoms with Gasteiger partial charge in [0.1, 0.15) is 17.2 Å². The minimum Gasteiger partial charge on any atom is -0.494 e. The summed E-state index contributed by atoms with van der Waals surface area (Å²) in [6.07, 6.45) is 2.30. The summed E-state index contributed by atoms with van der Waals surface area (Å²) in [5.74, 6) is -0.182. The molecule has 2 N–H and O–H groups in total. The Balaban J connectivity index is 0.667. The monoisotopic (exact) mass is 1110 g/mol. The molecule has 3 saturated heterocycles. The number of thiazole rings is 1. The number of nitrogens with one attached hydrogen (secondary N) is 2. The number of para-hydroxylation sites is 1. The lowest BCUT2D eigenvalue weighted by Gasteiger charge is -2.45. The molecule has 19 heteroatoms. The van der Waals surface area contributed by atoms with Crippen LogP contribution in [0.1, 0.15) is 103 Å². The Morgan fingerprint density at radius 1 is 0.840 bits per heavy atom. The Labute approximate surface area is 476 Å². The minimum atomic E-state index is -0.744. The van der Waals surface area contributed by atoms with Crippen LogP contribution in [0, 0.1) is 6.92 Å². The van der Waals surface area contributed by atoms with Crippen molar-refractivity contribution in [2.24, 2.45) is 7.05 Å². The molecule has 0 saturated carbocycles. The maximum atomic E-state index is 14.0. The maximum absolute atomic E-state index is 14.0. The van der Waals surface area contributed by atoms with Crippen LogP contribution >= 0.6 is 11.3 Å². The van der Waals surface area contributed by atoms with Crippen molar-refractivity contribution >= 4 is 78.7 Å². The van der Waals surface area contributed by atoms with E-state index in [1.54, 1.807) is 0 Å². The van der Waals surface area contributed by atoms with Gasteiger partial charge in [-0.25, -0.2) is 14.8 Å². The highest BCUT2D eigenvalue weighted by atomic mass is 32.1. The zero-order valence-corrected chi connectivity index (χ0v) is 48.1. The number of piperazine rings is 2. The normalized spacial score (nSPS) is 19.2. The van der Waals surface area contributed by atoms with Crippen molar-refractivity contribution in [1.29, 1.82) is 0 Å². The van der Waals surface area contributed by atoms with E-state index in [0.717, 1.165) is 94.0 Å². The lowest BCUT2D eigenvalue weighted by Crippen LogP contribution is -2.60. The van der Waals surface area contributed by atoms with Gasteiger partial charge in [0.2, 0.25) is 17.7 Å². The third-order valence-electron chi connectivity index (χ3n) is 16.1. The molecule has 3 aromatic heterocycles. The molecule has 422 valence electrons. The molecule has 0 radical (unpaired) electrons. The number of carbonyl (C=O) groups is 5. The number of hydrogen-bond donors (Lipinski definition) is 2. The Bertz CT molecular complexity index is 3520. The van der Waals surface area contributed by atoms with Crippen LogP contribution in [0.25, 0.3) is 32.2 Å². The van der Waals surface area contributed by atoms with Crippen LogP contribution < -0.4 is 25.2 Å². The third-order valence-corrected chi connectivity index (χ3v) is 17.1. The lowest BCUT2D eigenvalue weighted by molar-refractivity contribution is -0.135. The van der Waals surface area contributed by atoms with Crippen LogP contribution in [-0.4, -0.2) is 147 Å². The summed E-state index contributed by atoms with van der Waals surface area (Å²) in [6, 6.07) is 30.1. The summed E-state index contributed by atoms with van der Waals surface area (Å²) in [6.45, 7) is 19.3. The van der Waals surface area contributed by atoms with E-state index >= 15 is 0 Å². The van der Waals surface area contributed by atoms with Gasteiger partial charge in [-0.15, -0.1) is 0 Å². The van der Waals surface area contributed by atoms with Crippen LogP contribution in [0.3, 0.4) is 0 Å². The zero-order chi connectivity index (χ0) is 56.7. The minimum absolute atomic E-state index is 0.158. The summed E-state index contributed by atoms with van der Waals surface area (Å²) in [4.78, 5) is 86.9. The molecular weight excluding hydrogens is 1040 g/mol. The first kappa shape index (κ1) is 55.2. The average molecular weight is 1110 g/mol. The number of anilines is 3. The molecular formula is C62H71N11O7S. The molecule has 7 heterocycles. The van der Waals surface area contributed by atoms with Gasteiger partial charge in [0.05, 0.1) is 40.5 Å². The van der Waals surface area contributed by atoms with E-state index in [-0.39, 0.29) is 41.4 Å². The molecule has 81 heavy (non-hydrogen) atoms. The number of aryl methyl sites for hydroxylation is 2. The lowest BCUT2D eigenvalue weighted by atomic mass is 9.93. The second-order valence-corrected chi connectivity index (χ2v) is 24.0. The number of benzene rings is 4. The SMILES string of the molecule is Cc1cc(OCCCN2C[C@@H](C)N(CC(=O)N3CCN(c4ccc5c(C6CCC(=O)NC6=O)nn(C)c5c4)CC3)[C@@H](C)C2)ccc1-c1ccc(N2CCc3cccc(C(=O)Nc4nc5ccccc5s4)c3C2)nc1C(=O)OC(C)(C)C. The van der Waals surface area contributed by atoms with E-state index in [1.165, 1.54) is 11.3 Å². The van der Waals surface area contributed by atoms with Crippen molar-refractivity contribution in [3.63, 3.8) is 0 Å². The summed E-state index contributed by atoms with van der Waals surface area (Å²) in [7, 11) is 1.88. The van der Waals surface area contributed by atoms with Crippen molar-refractivity contribution in [1.82, 2.24) is 39.8 Å². The van der Waals surface area contributed by atoms with Crippen LogP contribution in [0.4, 0.5) is 16.6 Å². The second kappa shape index (κ2) is 23.0. The molecule has 1 unspecified atom stereocenters. The molecule has 4 aromatic carbocycles. The first-order chi connectivity index (χ1) is 38.9. The number of hydrogen-bond acceptors (Lipinski definition) is 15. The van der Waals surface area contributed by atoms with E-state index in [0.29, 0.717) is 86.4 Å². The van der Waals surface area contributed by atoms with Crippen LogP contribution in [-0.2, 0) is 39.1 Å². The quantitative estimate of drug-likeness (QED) is 0.0601. The number of amides is 4. The molecule has 11 rings (SSSR count). The van der Waals surface area contributed by atoms with Crippen LogP contribution in [0.5, 0.6) is 5.75 Å². The second-order valence-electron chi connectivity index (χ2n) is 23.0. The van der Waals surface area contributed by atoms with E-state index < -0.39 is 17.5 Å². The first-order valence-electron chi connectivity index (χ1n) is 28.2. The van der Waals surface area contributed by atoms with Gasteiger partial charge >= 0.3 is 5.97 Å². The number of ether oxygens (including phenoxy) is 2. The predicted molar refractivity (Wildman–Crippen MR) is 315 cm³/mol. The predicted octanol–water partition coefficient (Wildman–Crippen LogP) is 8.36. The van der Waals surface area contributed by atoms with Crippen molar-refractivity contribution < 1.29 is 33.4 Å². The average Bonchev–Trinajstić information content (AvgIpc) is 4.12. The fraction of sp³-hybridized carbons (Fsp3) is 0.419. The molecule has 0 bridgehead atoms. The number of rotatable bonds is 14. The maximum Gasteiger partial charge on any atom is 0.358 e. The van der Waals surface area contributed by atoms with Crippen LogP contribution in [0.2, 0.25) is 0 Å². The van der Waals surface area contributed by atoms with Crippen LogP contribution in [0.15, 0.2) is 91.0 Å². The Hall–Kier alpha value is -7.74. The van der Waals surface area contributed by atoms with Crippen molar-refractivity contribution in [3.05, 3.63) is 125 Å². The number of nitrogens with zero attached hydrogens (tertiary/aromatic N) is 9. The van der Waals surface area contributed by atoms with E-state index in [1.807, 2.05) is 117 Å². The van der Waals surface area contributed by atoms with Gasteiger partial charge in [0.15, 0.2) is 10.8 Å².